The highest BCUT2D eigenvalue weighted by atomic mass is 32.1. The van der Waals surface area contributed by atoms with Gasteiger partial charge in [-0.05, 0) is 32.4 Å². The highest BCUT2D eigenvalue weighted by molar-refractivity contribution is 7.80. The Morgan fingerprint density at radius 3 is 2.37 bits per heavy atom. The summed E-state index contributed by atoms with van der Waals surface area (Å²) in [5.74, 6) is 0. The first kappa shape index (κ1) is 15.8. The van der Waals surface area contributed by atoms with Crippen LogP contribution < -0.4 is 10.6 Å². The van der Waals surface area contributed by atoms with Gasteiger partial charge in [-0.15, -0.1) is 0 Å². The van der Waals surface area contributed by atoms with E-state index in [2.05, 4.69) is 0 Å². The third kappa shape index (κ3) is 4.09. The van der Waals surface area contributed by atoms with Crippen LogP contribution in [0.15, 0.2) is 18.2 Å². The molecule has 0 spiro atoms. The van der Waals surface area contributed by atoms with E-state index in [0.29, 0.717) is 11.3 Å². The van der Waals surface area contributed by atoms with Crippen molar-refractivity contribution in [2.45, 2.75) is 33.0 Å². The van der Waals surface area contributed by atoms with Crippen molar-refractivity contribution in [1.82, 2.24) is 0 Å². The van der Waals surface area contributed by atoms with E-state index in [-0.39, 0.29) is 11.0 Å². The highest BCUT2D eigenvalue weighted by Gasteiger charge is 2.33. The summed E-state index contributed by atoms with van der Waals surface area (Å²) in [5, 5.41) is 0. The number of aryl methyl sites for hydroxylation is 1. The van der Waals surface area contributed by atoms with Gasteiger partial charge < -0.3 is 10.6 Å². The zero-order valence-electron chi connectivity index (χ0n) is 11.1. The third-order valence-electron chi connectivity index (χ3n) is 2.76. The van der Waals surface area contributed by atoms with Crippen LogP contribution in [0.3, 0.4) is 0 Å². The molecule has 1 aromatic rings. The topological polar surface area (TPSA) is 29.3 Å². The van der Waals surface area contributed by atoms with Crippen LogP contribution in [-0.2, 0) is 0 Å². The first-order valence-corrected chi connectivity index (χ1v) is 6.27. The molecule has 0 atom stereocenters. The molecule has 2 N–H and O–H groups in total. The molecule has 0 amide bonds. The van der Waals surface area contributed by atoms with E-state index in [1.165, 1.54) is 4.90 Å². The summed E-state index contributed by atoms with van der Waals surface area (Å²) in [7, 11) is 0. The Kier molecular flexibility index (Phi) is 4.79. The predicted molar refractivity (Wildman–Crippen MR) is 75.6 cm³/mol. The van der Waals surface area contributed by atoms with Crippen molar-refractivity contribution in [3.63, 3.8) is 0 Å². The molecule has 106 valence electrons. The van der Waals surface area contributed by atoms with E-state index in [1.54, 1.807) is 39.0 Å². The molecular weight excluding hydrogens is 273 g/mol. The Morgan fingerprint density at radius 2 is 1.95 bits per heavy atom. The number of rotatable bonds is 4. The second-order valence-electron chi connectivity index (χ2n) is 4.67. The maximum Gasteiger partial charge on any atom is 0.405 e. The Bertz CT molecular complexity index is 469. The van der Waals surface area contributed by atoms with Gasteiger partial charge in [0.25, 0.3) is 0 Å². The second-order valence-corrected chi connectivity index (χ2v) is 5.11. The van der Waals surface area contributed by atoms with Gasteiger partial charge in [-0.1, -0.05) is 24.4 Å². The van der Waals surface area contributed by atoms with Crippen molar-refractivity contribution in [2.75, 3.05) is 11.4 Å². The molecule has 6 heteroatoms. The largest absolute Gasteiger partial charge is 0.405 e. The van der Waals surface area contributed by atoms with E-state index in [9.17, 15) is 13.2 Å². The van der Waals surface area contributed by atoms with Crippen LogP contribution in [0.25, 0.3) is 0 Å². The van der Waals surface area contributed by atoms with E-state index < -0.39 is 12.7 Å². The van der Waals surface area contributed by atoms with Gasteiger partial charge >= 0.3 is 6.18 Å². The van der Waals surface area contributed by atoms with Crippen LogP contribution in [-0.4, -0.2) is 23.8 Å². The smallest absolute Gasteiger partial charge is 0.389 e. The second kappa shape index (κ2) is 5.77. The minimum atomic E-state index is -4.28. The lowest BCUT2D eigenvalue weighted by Gasteiger charge is -2.32. The average molecular weight is 290 g/mol. The van der Waals surface area contributed by atoms with Crippen LogP contribution in [0, 0.1) is 6.92 Å². The number of hydrogen-bond acceptors (Lipinski definition) is 2. The maximum atomic E-state index is 12.7. The van der Waals surface area contributed by atoms with Crippen molar-refractivity contribution in [3.05, 3.63) is 29.3 Å². The SMILES string of the molecule is Cc1cccc(C(N)=S)c1N(CC(F)(F)F)C(C)C. The van der Waals surface area contributed by atoms with Crippen molar-refractivity contribution in [3.8, 4) is 0 Å². The Balaban J connectivity index is 3.34. The zero-order chi connectivity index (χ0) is 14.8. The van der Waals surface area contributed by atoms with Gasteiger partial charge in [-0.25, -0.2) is 0 Å². The molecule has 0 aliphatic rings. The minimum absolute atomic E-state index is 0.103. The quantitative estimate of drug-likeness (QED) is 0.862. The fraction of sp³-hybridized carbons (Fsp3) is 0.462. The number of para-hydroxylation sites is 1. The van der Waals surface area contributed by atoms with E-state index in [4.69, 9.17) is 18.0 Å². The number of thiocarbonyl (C=S) groups is 1. The average Bonchev–Trinajstić information content (AvgIpc) is 2.24. The number of hydrogen-bond donors (Lipinski definition) is 1. The fourth-order valence-corrected chi connectivity index (χ4v) is 2.12. The molecule has 0 radical (unpaired) electrons. The van der Waals surface area contributed by atoms with Crippen LogP contribution >= 0.6 is 12.2 Å². The van der Waals surface area contributed by atoms with Gasteiger partial charge in [0.1, 0.15) is 11.5 Å². The lowest BCUT2D eigenvalue weighted by atomic mass is 10.1. The number of nitrogens with zero attached hydrogens (tertiary/aromatic N) is 1. The molecule has 0 saturated carbocycles. The molecule has 0 bridgehead atoms. The normalized spacial score (nSPS) is 11.7. The van der Waals surface area contributed by atoms with E-state index in [0.717, 1.165) is 5.56 Å². The molecule has 0 fully saturated rings. The van der Waals surface area contributed by atoms with E-state index >= 15 is 0 Å². The summed E-state index contributed by atoms with van der Waals surface area (Å²) in [4.78, 5) is 1.38. The van der Waals surface area contributed by atoms with Crippen molar-refractivity contribution in [1.29, 1.82) is 0 Å². The summed E-state index contributed by atoms with van der Waals surface area (Å²) < 4.78 is 38.1. The molecule has 0 aliphatic heterocycles. The Labute approximate surface area is 116 Å². The molecule has 0 heterocycles. The highest BCUT2D eigenvalue weighted by Crippen LogP contribution is 2.30. The van der Waals surface area contributed by atoms with Crippen LogP contribution in [0.5, 0.6) is 0 Å². The number of halogens is 3. The van der Waals surface area contributed by atoms with Crippen molar-refractivity contribution in [2.24, 2.45) is 5.73 Å². The lowest BCUT2D eigenvalue weighted by Crippen LogP contribution is -2.40. The van der Waals surface area contributed by atoms with Crippen molar-refractivity contribution < 1.29 is 13.2 Å². The molecule has 2 nitrogen and oxygen atoms in total. The molecular formula is C13H17F3N2S. The Morgan fingerprint density at radius 1 is 1.37 bits per heavy atom. The number of alkyl halides is 3. The van der Waals surface area contributed by atoms with Crippen LogP contribution in [0.4, 0.5) is 18.9 Å². The summed E-state index contributed by atoms with van der Waals surface area (Å²) in [6, 6.07) is 4.83. The van der Waals surface area contributed by atoms with Gasteiger partial charge in [0.2, 0.25) is 0 Å². The van der Waals surface area contributed by atoms with Gasteiger partial charge in [-0.2, -0.15) is 13.2 Å². The van der Waals surface area contributed by atoms with Crippen LogP contribution in [0.2, 0.25) is 0 Å². The molecule has 0 aliphatic carbocycles. The summed E-state index contributed by atoms with van der Waals surface area (Å²) in [5.41, 5.74) is 7.27. The monoisotopic (exact) mass is 290 g/mol. The van der Waals surface area contributed by atoms with E-state index in [1.807, 2.05) is 0 Å². The molecule has 0 aromatic heterocycles. The predicted octanol–water partition coefficient (Wildman–Crippen LogP) is 3.41. The Hall–Kier alpha value is -1.30. The van der Waals surface area contributed by atoms with Gasteiger partial charge in [0, 0.05) is 11.6 Å². The number of anilines is 1. The number of benzene rings is 1. The standard InChI is InChI=1S/C13H17F3N2S/c1-8(2)18(7-13(14,15)16)11-9(3)5-4-6-10(11)12(17)19/h4-6,8H,7H2,1-3H3,(H2,17,19). The minimum Gasteiger partial charge on any atom is -0.389 e. The first-order valence-electron chi connectivity index (χ1n) is 5.86. The maximum absolute atomic E-state index is 12.7. The lowest BCUT2D eigenvalue weighted by molar-refractivity contribution is -0.120. The fourth-order valence-electron chi connectivity index (χ4n) is 1.95. The molecule has 1 rings (SSSR count). The summed E-state index contributed by atoms with van der Waals surface area (Å²) in [6.07, 6.45) is -4.28. The molecule has 1 aromatic carbocycles. The molecule has 0 unspecified atom stereocenters. The van der Waals surface area contributed by atoms with Gasteiger partial charge in [-0.3, -0.25) is 0 Å². The van der Waals surface area contributed by atoms with Gasteiger partial charge in [0.05, 0.1) is 5.69 Å². The summed E-state index contributed by atoms with van der Waals surface area (Å²) >= 11 is 4.93. The van der Waals surface area contributed by atoms with Crippen molar-refractivity contribution >= 4 is 22.9 Å². The summed E-state index contributed by atoms with van der Waals surface area (Å²) in [6.45, 7) is 4.15. The molecule has 0 saturated heterocycles. The third-order valence-corrected chi connectivity index (χ3v) is 2.98. The first-order chi connectivity index (χ1) is 8.63. The van der Waals surface area contributed by atoms with Gasteiger partial charge in [0.15, 0.2) is 0 Å². The molecule has 19 heavy (non-hydrogen) atoms. The number of nitrogens with two attached hydrogens (primary N) is 1. The zero-order valence-corrected chi connectivity index (χ0v) is 11.9. The van der Waals surface area contributed by atoms with Crippen LogP contribution in [0.1, 0.15) is 25.0 Å².